The standard InChI is InChI=1S/C42H76NO8P/c1-6-8-10-12-14-16-18-20-21-23-24-26-28-30-32-34-41(44)48-38-40(39-50-52(46,47)49-37-36-43(3,4)5)51-42(45)35-33-31-29-27-25-22-19-17-15-13-11-9-7-2/h14,16,18,20,22,25,29,31,40H,6-13,15,17,19,21,23-24,26-28,30,32-39H2,1-5H3/b16-14+,20-18+,25-22+,31-29+. The van der Waals surface area contributed by atoms with Crippen LogP contribution in [0.3, 0.4) is 0 Å². The zero-order valence-electron chi connectivity index (χ0n) is 33.7. The van der Waals surface area contributed by atoms with Crippen molar-refractivity contribution in [3.05, 3.63) is 48.6 Å². The molecule has 302 valence electrons. The first-order valence-corrected chi connectivity index (χ1v) is 21.8. The zero-order valence-corrected chi connectivity index (χ0v) is 34.6. The van der Waals surface area contributed by atoms with Gasteiger partial charge in [-0.1, -0.05) is 133 Å². The molecular weight excluding hydrogens is 677 g/mol. The minimum absolute atomic E-state index is 0.0435. The van der Waals surface area contributed by atoms with Crippen LogP contribution in [0.1, 0.15) is 155 Å². The number of hydrogen-bond acceptors (Lipinski definition) is 8. The van der Waals surface area contributed by atoms with Crippen molar-refractivity contribution >= 4 is 19.8 Å². The van der Waals surface area contributed by atoms with E-state index in [-0.39, 0.29) is 26.1 Å². The number of nitrogens with zero attached hydrogens (tertiary/aromatic N) is 1. The van der Waals surface area contributed by atoms with Crippen LogP contribution >= 0.6 is 7.82 Å². The summed E-state index contributed by atoms with van der Waals surface area (Å²) in [7, 11) is 1.12. The maximum Gasteiger partial charge on any atom is 0.306 e. The molecule has 0 aromatic carbocycles. The van der Waals surface area contributed by atoms with Gasteiger partial charge in [-0.2, -0.15) is 0 Å². The van der Waals surface area contributed by atoms with Crippen LogP contribution in [-0.4, -0.2) is 70.0 Å². The van der Waals surface area contributed by atoms with E-state index in [0.717, 1.165) is 57.8 Å². The minimum Gasteiger partial charge on any atom is -0.756 e. The van der Waals surface area contributed by atoms with E-state index in [4.69, 9.17) is 18.5 Å². The highest BCUT2D eigenvalue weighted by Gasteiger charge is 2.21. The molecule has 0 aliphatic carbocycles. The van der Waals surface area contributed by atoms with E-state index >= 15 is 0 Å². The number of phosphoric ester groups is 1. The smallest absolute Gasteiger partial charge is 0.306 e. The Balaban J connectivity index is 4.51. The van der Waals surface area contributed by atoms with Crippen molar-refractivity contribution in [1.29, 1.82) is 0 Å². The molecule has 0 saturated carbocycles. The van der Waals surface area contributed by atoms with Gasteiger partial charge < -0.3 is 27.9 Å². The quantitative estimate of drug-likeness (QED) is 0.0155. The summed E-state index contributed by atoms with van der Waals surface area (Å²) in [6.45, 7) is 4.09. The van der Waals surface area contributed by atoms with E-state index in [9.17, 15) is 19.0 Å². The van der Waals surface area contributed by atoms with E-state index in [1.165, 1.54) is 57.8 Å². The van der Waals surface area contributed by atoms with Gasteiger partial charge in [0.05, 0.1) is 27.7 Å². The highest BCUT2D eigenvalue weighted by molar-refractivity contribution is 7.45. The molecule has 2 atom stereocenters. The van der Waals surface area contributed by atoms with Crippen LogP contribution in [0.15, 0.2) is 48.6 Å². The maximum absolute atomic E-state index is 12.6. The summed E-state index contributed by atoms with van der Waals surface area (Å²) in [5.41, 5.74) is 0. The summed E-state index contributed by atoms with van der Waals surface area (Å²) in [6.07, 6.45) is 38.7. The first-order valence-electron chi connectivity index (χ1n) is 20.4. The van der Waals surface area contributed by atoms with Crippen LogP contribution in [0.2, 0.25) is 0 Å². The van der Waals surface area contributed by atoms with Crippen molar-refractivity contribution in [3.8, 4) is 0 Å². The second-order valence-electron chi connectivity index (χ2n) is 14.7. The summed E-state index contributed by atoms with van der Waals surface area (Å²) < 4.78 is 33.7. The fourth-order valence-electron chi connectivity index (χ4n) is 5.11. The lowest BCUT2D eigenvalue weighted by Gasteiger charge is -2.28. The molecule has 10 heteroatoms. The van der Waals surface area contributed by atoms with Gasteiger partial charge in [0.25, 0.3) is 7.82 Å². The largest absolute Gasteiger partial charge is 0.756 e. The number of carbonyl (C=O) groups is 2. The Morgan fingerprint density at radius 3 is 1.75 bits per heavy atom. The molecule has 0 radical (unpaired) electrons. The lowest BCUT2D eigenvalue weighted by molar-refractivity contribution is -0.870. The number of rotatable bonds is 36. The number of hydrogen-bond donors (Lipinski definition) is 0. The Hall–Kier alpha value is -2.03. The molecule has 0 aromatic rings. The van der Waals surface area contributed by atoms with Gasteiger partial charge in [-0.15, -0.1) is 0 Å². The lowest BCUT2D eigenvalue weighted by atomic mass is 10.1. The number of unbranched alkanes of at least 4 members (excludes halogenated alkanes) is 15. The Labute approximate surface area is 318 Å². The third kappa shape index (κ3) is 37.7. The van der Waals surface area contributed by atoms with Crippen molar-refractivity contribution in [2.24, 2.45) is 0 Å². The lowest BCUT2D eigenvalue weighted by Crippen LogP contribution is -2.37. The Morgan fingerprint density at radius 2 is 1.13 bits per heavy atom. The zero-order chi connectivity index (χ0) is 38.6. The monoisotopic (exact) mass is 754 g/mol. The molecule has 0 heterocycles. The van der Waals surface area contributed by atoms with E-state index in [2.05, 4.69) is 50.3 Å². The highest BCUT2D eigenvalue weighted by atomic mass is 31.2. The maximum atomic E-state index is 12.6. The molecule has 0 rings (SSSR count). The van der Waals surface area contributed by atoms with E-state index in [1.54, 1.807) is 0 Å². The number of ether oxygens (including phenoxy) is 2. The topological polar surface area (TPSA) is 111 Å². The minimum atomic E-state index is -4.64. The van der Waals surface area contributed by atoms with Gasteiger partial charge >= 0.3 is 11.9 Å². The molecule has 9 nitrogen and oxygen atoms in total. The molecule has 0 N–H and O–H groups in total. The summed E-state index contributed by atoms with van der Waals surface area (Å²) in [6, 6.07) is 0. The SMILES string of the molecule is CCCCC/C=C/C=C/CCCCCCCCC(=O)OCC(COP(=O)([O-])OCC[N+](C)(C)C)OC(=O)CC/C=C/C/C=C/CCCCCCCC. The molecule has 0 spiro atoms. The van der Waals surface area contributed by atoms with Crippen LogP contribution < -0.4 is 4.89 Å². The van der Waals surface area contributed by atoms with Crippen molar-refractivity contribution in [3.63, 3.8) is 0 Å². The summed E-state index contributed by atoms with van der Waals surface area (Å²) in [5.74, 6) is -0.931. The molecule has 2 unspecified atom stereocenters. The van der Waals surface area contributed by atoms with E-state index < -0.39 is 32.5 Å². The molecular formula is C42H76NO8P. The number of phosphoric acid groups is 1. The van der Waals surface area contributed by atoms with Crippen molar-refractivity contribution in [2.75, 3.05) is 47.5 Å². The molecule has 0 aliphatic rings. The third-order valence-electron chi connectivity index (χ3n) is 8.36. The normalized spacial score (nSPS) is 14.2. The average molecular weight is 754 g/mol. The Kier molecular flexibility index (Phi) is 33.4. The second kappa shape index (κ2) is 34.7. The van der Waals surface area contributed by atoms with Crippen LogP contribution in [-0.2, 0) is 32.7 Å². The highest BCUT2D eigenvalue weighted by Crippen LogP contribution is 2.38. The van der Waals surface area contributed by atoms with Gasteiger partial charge in [0.2, 0.25) is 0 Å². The fourth-order valence-corrected chi connectivity index (χ4v) is 5.84. The number of likely N-dealkylation sites (N-methyl/N-ethyl adjacent to an activating group) is 1. The molecule has 0 bridgehead atoms. The van der Waals surface area contributed by atoms with Gasteiger partial charge in [0.1, 0.15) is 19.8 Å². The van der Waals surface area contributed by atoms with Crippen LogP contribution in [0.4, 0.5) is 0 Å². The summed E-state index contributed by atoms with van der Waals surface area (Å²) >= 11 is 0. The molecule has 0 amide bonds. The first-order chi connectivity index (χ1) is 25.0. The molecule has 0 aliphatic heterocycles. The number of esters is 2. The fraction of sp³-hybridized carbons (Fsp3) is 0.762. The Bertz CT molecular complexity index is 1030. The number of carbonyl (C=O) groups excluding carboxylic acids is 2. The third-order valence-corrected chi connectivity index (χ3v) is 9.33. The van der Waals surface area contributed by atoms with Gasteiger partial charge in [-0.3, -0.25) is 14.2 Å². The van der Waals surface area contributed by atoms with E-state index in [0.29, 0.717) is 23.9 Å². The molecule has 0 aromatic heterocycles. The second-order valence-corrected chi connectivity index (χ2v) is 16.1. The van der Waals surface area contributed by atoms with E-state index in [1.807, 2.05) is 33.3 Å². The first kappa shape index (κ1) is 50.0. The average Bonchev–Trinajstić information content (AvgIpc) is 3.09. The number of quaternary nitrogens is 1. The van der Waals surface area contributed by atoms with Crippen LogP contribution in [0, 0.1) is 0 Å². The Morgan fingerprint density at radius 1 is 0.615 bits per heavy atom. The van der Waals surface area contributed by atoms with Gasteiger partial charge in [0.15, 0.2) is 6.10 Å². The van der Waals surface area contributed by atoms with Crippen molar-refractivity contribution < 1.29 is 42.1 Å². The predicted octanol–water partition coefficient (Wildman–Crippen LogP) is 10.5. The van der Waals surface area contributed by atoms with Crippen LogP contribution in [0.25, 0.3) is 0 Å². The molecule has 0 saturated heterocycles. The summed E-state index contributed by atoms with van der Waals surface area (Å²) in [4.78, 5) is 37.3. The predicted molar refractivity (Wildman–Crippen MR) is 213 cm³/mol. The summed E-state index contributed by atoms with van der Waals surface area (Å²) in [5, 5.41) is 0. The van der Waals surface area contributed by atoms with Crippen molar-refractivity contribution in [2.45, 2.75) is 161 Å². The molecule has 52 heavy (non-hydrogen) atoms. The van der Waals surface area contributed by atoms with Crippen LogP contribution in [0.5, 0.6) is 0 Å². The van der Waals surface area contributed by atoms with Gasteiger partial charge in [-0.25, -0.2) is 0 Å². The number of allylic oxidation sites excluding steroid dienone is 8. The van der Waals surface area contributed by atoms with Gasteiger partial charge in [-0.05, 0) is 57.8 Å². The van der Waals surface area contributed by atoms with Gasteiger partial charge in [0, 0.05) is 12.8 Å². The van der Waals surface area contributed by atoms with Crippen molar-refractivity contribution in [1.82, 2.24) is 0 Å². The molecule has 0 fully saturated rings.